The average Bonchev–Trinajstić information content (AvgIpc) is 2.75. The molecule has 30 heavy (non-hydrogen) atoms. The number of nitrogens with one attached hydrogen (secondary N) is 1. The van der Waals surface area contributed by atoms with Crippen molar-refractivity contribution >= 4 is 17.6 Å². The fourth-order valence-corrected chi connectivity index (χ4v) is 2.79. The maximum absolute atomic E-state index is 13.1. The molecule has 0 saturated carbocycles. The number of para-hydroxylation sites is 1. The van der Waals surface area contributed by atoms with Gasteiger partial charge in [-0.3, -0.25) is 4.79 Å². The highest BCUT2D eigenvalue weighted by atomic mass is 16.5. The number of ether oxygens (including phenoxy) is 2. The molecule has 0 saturated heterocycles. The Morgan fingerprint density at radius 2 is 1.53 bits per heavy atom. The number of aryl methyl sites for hydroxylation is 1. The number of rotatable bonds is 8. The smallest absolute Gasteiger partial charge is 0.344 e. The number of anilines is 1. The van der Waals surface area contributed by atoms with E-state index in [9.17, 15) is 9.59 Å². The van der Waals surface area contributed by atoms with Crippen LogP contribution in [0.25, 0.3) is 0 Å². The maximum Gasteiger partial charge on any atom is 0.344 e. The van der Waals surface area contributed by atoms with Gasteiger partial charge in [0.1, 0.15) is 11.5 Å². The third-order valence-corrected chi connectivity index (χ3v) is 4.44. The van der Waals surface area contributed by atoms with E-state index in [1.165, 1.54) is 6.92 Å². The first-order valence-electron chi connectivity index (χ1n) is 9.51. The molecule has 0 fully saturated rings. The van der Waals surface area contributed by atoms with E-state index in [0.717, 1.165) is 5.56 Å². The average molecular weight is 405 g/mol. The van der Waals surface area contributed by atoms with Crippen LogP contribution in [0.3, 0.4) is 0 Å². The summed E-state index contributed by atoms with van der Waals surface area (Å²) in [4.78, 5) is 24.2. The van der Waals surface area contributed by atoms with Crippen LogP contribution in [0.1, 0.15) is 24.2 Å². The van der Waals surface area contributed by atoms with Crippen LogP contribution in [0.4, 0.5) is 5.69 Å². The van der Waals surface area contributed by atoms with E-state index < -0.39 is 18.2 Å². The molecule has 0 aromatic heterocycles. The van der Waals surface area contributed by atoms with Crippen molar-refractivity contribution in [2.45, 2.75) is 26.1 Å². The van der Waals surface area contributed by atoms with Crippen LogP contribution < -0.4 is 14.8 Å². The second-order valence-electron chi connectivity index (χ2n) is 6.79. The van der Waals surface area contributed by atoms with E-state index in [-0.39, 0.29) is 5.91 Å². The van der Waals surface area contributed by atoms with Gasteiger partial charge in [-0.2, -0.15) is 0 Å². The van der Waals surface area contributed by atoms with Gasteiger partial charge < -0.3 is 19.9 Å². The Morgan fingerprint density at radius 3 is 2.17 bits per heavy atom. The predicted octanol–water partition coefficient (Wildman–Crippen LogP) is 4.61. The molecule has 2 atom stereocenters. The van der Waals surface area contributed by atoms with Gasteiger partial charge in [-0.15, -0.1) is 0 Å². The summed E-state index contributed by atoms with van der Waals surface area (Å²) < 4.78 is 11.5. The van der Waals surface area contributed by atoms with E-state index in [1.54, 1.807) is 37.3 Å². The zero-order valence-electron chi connectivity index (χ0n) is 16.7. The van der Waals surface area contributed by atoms with Crippen LogP contribution in [0.15, 0.2) is 78.9 Å². The first kappa shape index (κ1) is 20.9. The SMILES string of the molecule is Cc1ccc(NC(=O)C(Oc2ccccc2)c2ccccc2)cc1OC(C)C(=O)O. The Hall–Kier alpha value is -3.80. The molecule has 3 rings (SSSR count). The molecular formula is C24H23NO5. The van der Waals surface area contributed by atoms with Crippen molar-refractivity contribution in [3.63, 3.8) is 0 Å². The molecule has 154 valence electrons. The molecule has 0 aliphatic rings. The highest BCUT2D eigenvalue weighted by Crippen LogP contribution is 2.27. The Morgan fingerprint density at radius 1 is 0.900 bits per heavy atom. The summed E-state index contributed by atoms with van der Waals surface area (Å²) in [6, 6.07) is 23.4. The van der Waals surface area contributed by atoms with Gasteiger partial charge in [0.05, 0.1) is 0 Å². The van der Waals surface area contributed by atoms with Gasteiger partial charge in [0, 0.05) is 17.3 Å². The molecule has 0 spiro atoms. The summed E-state index contributed by atoms with van der Waals surface area (Å²) in [6.07, 6.45) is -1.87. The number of carbonyl (C=O) groups excluding carboxylic acids is 1. The minimum absolute atomic E-state index is 0.355. The molecular weight excluding hydrogens is 382 g/mol. The van der Waals surface area contributed by atoms with Crippen molar-refractivity contribution in [2.75, 3.05) is 5.32 Å². The molecule has 6 heteroatoms. The van der Waals surface area contributed by atoms with Crippen LogP contribution >= 0.6 is 0 Å². The quantitative estimate of drug-likeness (QED) is 0.572. The standard InChI is InChI=1S/C24H23NO5/c1-16-13-14-19(15-21(16)29-17(2)24(27)28)25-23(26)22(18-9-5-3-6-10-18)30-20-11-7-4-8-12-20/h3-15,17,22H,1-2H3,(H,25,26)(H,27,28). The number of amides is 1. The van der Waals surface area contributed by atoms with E-state index >= 15 is 0 Å². The van der Waals surface area contributed by atoms with Gasteiger partial charge >= 0.3 is 5.97 Å². The van der Waals surface area contributed by atoms with Crippen LogP contribution in [-0.2, 0) is 9.59 Å². The van der Waals surface area contributed by atoms with Gasteiger partial charge in [-0.05, 0) is 37.6 Å². The highest BCUT2D eigenvalue weighted by molar-refractivity contribution is 5.95. The molecule has 2 unspecified atom stereocenters. The van der Waals surface area contributed by atoms with E-state index in [0.29, 0.717) is 22.7 Å². The van der Waals surface area contributed by atoms with Gasteiger partial charge in [-0.25, -0.2) is 4.79 Å². The number of aliphatic carboxylic acids is 1. The van der Waals surface area contributed by atoms with E-state index in [4.69, 9.17) is 14.6 Å². The molecule has 0 aliphatic carbocycles. The van der Waals surface area contributed by atoms with Crippen LogP contribution in [-0.4, -0.2) is 23.1 Å². The summed E-state index contributed by atoms with van der Waals surface area (Å²) in [6.45, 7) is 3.26. The minimum Gasteiger partial charge on any atom is -0.479 e. The molecule has 3 aromatic rings. The lowest BCUT2D eigenvalue weighted by molar-refractivity contribution is -0.144. The first-order valence-corrected chi connectivity index (χ1v) is 9.51. The number of benzene rings is 3. The number of carboxylic acids is 1. The third-order valence-electron chi connectivity index (χ3n) is 4.44. The highest BCUT2D eigenvalue weighted by Gasteiger charge is 2.23. The van der Waals surface area contributed by atoms with Crippen molar-refractivity contribution in [3.05, 3.63) is 90.0 Å². The van der Waals surface area contributed by atoms with Crippen LogP contribution in [0.5, 0.6) is 11.5 Å². The summed E-state index contributed by atoms with van der Waals surface area (Å²) in [5, 5.41) is 11.9. The lowest BCUT2D eigenvalue weighted by Crippen LogP contribution is -2.26. The molecule has 0 heterocycles. The predicted molar refractivity (Wildman–Crippen MR) is 114 cm³/mol. The second kappa shape index (κ2) is 9.60. The van der Waals surface area contributed by atoms with Gasteiger partial charge in [0.15, 0.2) is 6.10 Å². The molecule has 0 aliphatic heterocycles. The fraction of sp³-hybridized carbons (Fsp3) is 0.167. The first-order chi connectivity index (χ1) is 14.4. The van der Waals surface area contributed by atoms with Crippen molar-refractivity contribution in [3.8, 4) is 11.5 Å². The second-order valence-corrected chi connectivity index (χ2v) is 6.79. The molecule has 0 bridgehead atoms. The summed E-state index contributed by atoms with van der Waals surface area (Å²) in [5.41, 5.74) is 1.96. The zero-order valence-corrected chi connectivity index (χ0v) is 16.7. The molecule has 3 aromatic carbocycles. The Balaban J connectivity index is 1.82. The Labute approximate surface area is 175 Å². The molecule has 0 radical (unpaired) electrons. The normalized spacial score (nSPS) is 12.5. The number of hydrogen-bond acceptors (Lipinski definition) is 4. The number of hydrogen-bond donors (Lipinski definition) is 2. The lowest BCUT2D eigenvalue weighted by atomic mass is 10.1. The summed E-state index contributed by atoms with van der Waals surface area (Å²) in [5.74, 6) is -0.456. The molecule has 1 amide bonds. The van der Waals surface area contributed by atoms with Crippen LogP contribution in [0.2, 0.25) is 0 Å². The van der Waals surface area contributed by atoms with E-state index in [1.807, 2.05) is 48.5 Å². The Kier molecular flexibility index (Phi) is 6.70. The number of carbonyl (C=O) groups is 2. The van der Waals surface area contributed by atoms with Crippen molar-refractivity contribution in [2.24, 2.45) is 0 Å². The van der Waals surface area contributed by atoms with Crippen molar-refractivity contribution < 1.29 is 24.2 Å². The fourth-order valence-electron chi connectivity index (χ4n) is 2.79. The third kappa shape index (κ3) is 5.38. The topological polar surface area (TPSA) is 84.9 Å². The van der Waals surface area contributed by atoms with Gasteiger partial charge in [0.2, 0.25) is 6.10 Å². The largest absolute Gasteiger partial charge is 0.479 e. The number of carboxylic acid groups (broad SMARTS) is 1. The lowest BCUT2D eigenvalue weighted by Gasteiger charge is -2.20. The summed E-state index contributed by atoms with van der Waals surface area (Å²) >= 11 is 0. The van der Waals surface area contributed by atoms with Crippen molar-refractivity contribution in [1.82, 2.24) is 0 Å². The van der Waals surface area contributed by atoms with Gasteiger partial charge in [0.25, 0.3) is 5.91 Å². The van der Waals surface area contributed by atoms with Gasteiger partial charge in [-0.1, -0.05) is 54.6 Å². The minimum atomic E-state index is -1.07. The zero-order chi connectivity index (χ0) is 21.5. The summed E-state index contributed by atoms with van der Waals surface area (Å²) in [7, 11) is 0. The monoisotopic (exact) mass is 405 g/mol. The van der Waals surface area contributed by atoms with E-state index in [2.05, 4.69) is 5.32 Å². The molecule has 2 N–H and O–H groups in total. The van der Waals surface area contributed by atoms with Crippen LogP contribution in [0, 0.1) is 6.92 Å². The Bertz CT molecular complexity index is 1000. The maximum atomic E-state index is 13.1. The van der Waals surface area contributed by atoms with Crippen molar-refractivity contribution in [1.29, 1.82) is 0 Å². The molecule has 6 nitrogen and oxygen atoms in total.